The van der Waals surface area contributed by atoms with E-state index in [0.717, 1.165) is 45.0 Å². The van der Waals surface area contributed by atoms with Crippen molar-refractivity contribution in [1.29, 1.82) is 0 Å². The molecular weight excluding hydrogens is 367 g/mol. The third-order valence-electron chi connectivity index (χ3n) is 3.93. The molecule has 0 bridgehead atoms. The van der Waals surface area contributed by atoms with Crippen molar-refractivity contribution in [1.82, 2.24) is 19.6 Å². The Morgan fingerprint density at radius 2 is 2.00 bits per heavy atom. The standard InChI is InChI=1S/C16H16F3N5OS/c1-8-6-13-20-9(2)11(10(3)24(13)23-8)4-5-14(25)22-15-21-12(7-26-15)16(17,18)19/h6-7H,4-5H2,1-3H3,(H,21,22,25). The molecule has 0 radical (unpaired) electrons. The number of carbonyl (C=O) groups excluding carboxylic acids is 1. The summed E-state index contributed by atoms with van der Waals surface area (Å²) in [6, 6.07) is 1.87. The highest BCUT2D eigenvalue weighted by molar-refractivity contribution is 7.13. The van der Waals surface area contributed by atoms with Gasteiger partial charge in [-0.1, -0.05) is 0 Å². The van der Waals surface area contributed by atoms with E-state index in [1.165, 1.54) is 0 Å². The Bertz CT molecular complexity index is 976. The van der Waals surface area contributed by atoms with Gasteiger partial charge in [-0.05, 0) is 32.8 Å². The van der Waals surface area contributed by atoms with Crippen LogP contribution in [0, 0.1) is 20.8 Å². The fraction of sp³-hybridized carbons (Fsp3) is 0.375. The van der Waals surface area contributed by atoms with Gasteiger partial charge >= 0.3 is 6.18 Å². The summed E-state index contributed by atoms with van der Waals surface area (Å²) in [7, 11) is 0. The Morgan fingerprint density at radius 1 is 1.27 bits per heavy atom. The van der Waals surface area contributed by atoms with Crippen LogP contribution < -0.4 is 5.32 Å². The van der Waals surface area contributed by atoms with Crippen molar-refractivity contribution in [3.63, 3.8) is 0 Å². The number of nitrogens with zero attached hydrogens (tertiary/aromatic N) is 4. The van der Waals surface area contributed by atoms with Crippen LogP contribution in [0.1, 0.15) is 34.8 Å². The summed E-state index contributed by atoms with van der Waals surface area (Å²) in [4.78, 5) is 19.9. The minimum Gasteiger partial charge on any atom is -0.302 e. The van der Waals surface area contributed by atoms with Crippen LogP contribution in [0.5, 0.6) is 0 Å². The molecular formula is C16H16F3N5OS. The molecule has 10 heteroatoms. The van der Waals surface area contributed by atoms with Gasteiger partial charge in [0.15, 0.2) is 16.5 Å². The zero-order valence-electron chi connectivity index (χ0n) is 14.3. The molecule has 138 valence electrons. The lowest BCUT2D eigenvalue weighted by molar-refractivity contribution is -0.140. The highest BCUT2D eigenvalue weighted by Crippen LogP contribution is 2.31. The van der Waals surface area contributed by atoms with Crippen molar-refractivity contribution in [2.75, 3.05) is 5.32 Å². The van der Waals surface area contributed by atoms with Crippen molar-refractivity contribution < 1.29 is 18.0 Å². The number of alkyl halides is 3. The molecule has 1 N–H and O–H groups in total. The number of hydrogen-bond acceptors (Lipinski definition) is 5. The normalized spacial score (nSPS) is 11.9. The molecule has 0 aromatic carbocycles. The predicted molar refractivity (Wildman–Crippen MR) is 91.3 cm³/mol. The van der Waals surface area contributed by atoms with Gasteiger partial charge in [0.05, 0.1) is 5.69 Å². The van der Waals surface area contributed by atoms with Crippen molar-refractivity contribution >= 4 is 28.0 Å². The zero-order chi connectivity index (χ0) is 19.1. The van der Waals surface area contributed by atoms with Gasteiger partial charge in [0.1, 0.15) is 0 Å². The van der Waals surface area contributed by atoms with Crippen molar-refractivity contribution in [3.05, 3.63) is 39.8 Å². The highest BCUT2D eigenvalue weighted by Gasteiger charge is 2.33. The molecule has 0 aliphatic carbocycles. The summed E-state index contributed by atoms with van der Waals surface area (Å²) in [6.07, 6.45) is -4.00. The van der Waals surface area contributed by atoms with Gasteiger partial charge in [-0.15, -0.1) is 11.3 Å². The van der Waals surface area contributed by atoms with E-state index in [2.05, 4.69) is 20.4 Å². The largest absolute Gasteiger partial charge is 0.434 e. The molecule has 0 fully saturated rings. The van der Waals surface area contributed by atoms with Crippen LogP contribution in [0.3, 0.4) is 0 Å². The SMILES string of the molecule is Cc1cc2nc(C)c(CCC(=O)Nc3nc(C(F)(F)F)cs3)c(C)n2n1. The third kappa shape index (κ3) is 3.69. The van der Waals surface area contributed by atoms with E-state index in [9.17, 15) is 18.0 Å². The Kier molecular flexibility index (Phi) is 4.70. The number of anilines is 1. The first-order valence-corrected chi connectivity index (χ1v) is 8.68. The van der Waals surface area contributed by atoms with Crippen LogP contribution in [-0.4, -0.2) is 25.5 Å². The second-order valence-electron chi connectivity index (χ2n) is 5.90. The molecule has 0 unspecified atom stereocenters. The molecule has 6 nitrogen and oxygen atoms in total. The van der Waals surface area contributed by atoms with E-state index >= 15 is 0 Å². The number of carbonyl (C=O) groups is 1. The number of fused-ring (bicyclic) bond motifs is 1. The van der Waals surface area contributed by atoms with Crippen LogP contribution in [0.25, 0.3) is 5.65 Å². The number of aryl methyl sites for hydroxylation is 3. The molecule has 0 aliphatic rings. The lowest BCUT2D eigenvalue weighted by atomic mass is 10.1. The van der Waals surface area contributed by atoms with E-state index in [0.29, 0.717) is 6.42 Å². The first-order valence-electron chi connectivity index (χ1n) is 7.80. The first kappa shape index (κ1) is 18.3. The van der Waals surface area contributed by atoms with Gasteiger partial charge < -0.3 is 5.32 Å². The van der Waals surface area contributed by atoms with Gasteiger partial charge in [-0.2, -0.15) is 18.3 Å². The van der Waals surface area contributed by atoms with Gasteiger partial charge in [0.25, 0.3) is 0 Å². The van der Waals surface area contributed by atoms with Gasteiger partial charge in [0, 0.05) is 29.3 Å². The number of amides is 1. The fourth-order valence-electron chi connectivity index (χ4n) is 2.68. The lowest BCUT2D eigenvalue weighted by Crippen LogP contribution is -2.14. The van der Waals surface area contributed by atoms with Crippen LogP contribution in [0.2, 0.25) is 0 Å². The van der Waals surface area contributed by atoms with Gasteiger partial charge in [-0.25, -0.2) is 14.5 Å². The number of thiazole rings is 1. The van der Waals surface area contributed by atoms with E-state index < -0.39 is 17.8 Å². The topological polar surface area (TPSA) is 72.2 Å². The van der Waals surface area contributed by atoms with Gasteiger partial charge in [-0.3, -0.25) is 4.79 Å². The third-order valence-corrected chi connectivity index (χ3v) is 4.69. The molecule has 0 saturated heterocycles. The summed E-state index contributed by atoms with van der Waals surface area (Å²) in [5.74, 6) is -0.399. The molecule has 3 rings (SSSR count). The second-order valence-corrected chi connectivity index (χ2v) is 6.76. The molecule has 3 aromatic heterocycles. The Hall–Kier alpha value is -2.49. The monoisotopic (exact) mass is 383 g/mol. The summed E-state index contributed by atoms with van der Waals surface area (Å²) < 4.78 is 39.4. The van der Waals surface area contributed by atoms with Crippen LogP contribution in [0.4, 0.5) is 18.3 Å². The molecule has 1 amide bonds. The quantitative estimate of drug-likeness (QED) is 0.746. The summed E-state index contributed by atoms with van der Waals surface area (Å²) in [6.45, 7) is 5.64. The summed E-state index contributed by atoms with van der Waals surface area (Å²) >= 11 is 0.748. The molecule has 3 aromatic rings. The second kappa shape index (κ2) is 6.67. The highest BCUT2D eigenvalue weighted by atomic mass is 32.1. The van der Waals surface area contributed by atoms with E-state index in [1.54, 1.807) is 4.52 Å². The van der Waals surface area contributed by atoms with E-state index in [-0.39, 0.29) is 11.6 Å². The maximum absolute atomic E-state index is 12.5. The zero-order valence-corrected chi connectivity index (χ0v) is 15.1. The van der Waals surface area contributed by atoms with E-state index in [1.807, 2.05) is 26.8 Å². The maximum atomic E-state index is 12.5. The summed E-state index contributed by atoms with van der Waals surface area (Å²) in [5.41, 5.74) is 3.17. The van der Waals surface area contributed by atoms with Crippen LogP contribution in [-0.2, 0) is 17.4 Å². The van der Waals surface area contributed by atoms with Gasteiger partial charge in [0.2, 0.25) is 5.91 Å². The number of hydrogen-bond donors (Lipinski definition) is 1. The molecule has 26 heavy (non-hydrogen) atoms. The molecule has 0 saturated carbocycles. The molecule has 0 aliphatic heterocycles. The molecule has 0 spiro atoms. The predicted octanol–water partition coefficient (Wildman–Crippen LogP) is 3.70. The van der Waals surface area contributed by atoms with Crippen molar-refractivity contribution in [3.8, 4) is 0 Å². The first-order chi connectivity index (χ1) is 12.1. The van der Waals surface area contributed by atoms with Crippen LogP contribution >= 0.6 is 11.3 Å². The van der Waals surface area contributed by atoms with E-state index in [4.69, 9.17) is 0 Å². The van der Waals surface area contributed by atoms with Crippen LogP contribution in [0.15, 0.2) is 11.4 Å². The van der Waals surface area contributed by atoms with Crippen molar-refractivity contribution in [2.24, 2.45) is 0 Å². The molecule has 0 atom stereocenters. The Labute approximate surface area is 151 Å². The summed E-state index contributed by atoms with van der Waals surface area (Å²) in [5, 5.41) is 7.60. The average Bonchev–Trinajstić information content (AvgIpc) is 3.13. The lowest BCUT2D eigenvalue weighted by Gasteiger charge is -2.10. The van der Waals surface area contributed by atoms with Crippen molar-refractivity contribution in [2.45, 2.75) is 39.8 Å². The number of aromatic nitrogens is 4. The number of halogens is 3. The Morgan fingerprint density at radius 3 is 2.65 bits per heavy atom. The molecule has 3 heterocycles. The minimum absolute atomic E-state index is 0.0629. The maximum Gasteiger partial charge on any atom is 0.434 e. The smallest absolute Gasteiger partial charge is 0.302 e. The Balaban J connectivity index is 1.70. The fourth-order valence-corrected chi connectivity index (χ4v) is 3.42. The average molecular weight is 383 g/mol. The number of nitrogens with one attached hydrogen (secondary N) is 1. The minimum atomic E-state index is -4.52. The number of rotatable bonds is 4.